The Kier molecular flexibility index (Phi) is 7.88. The van der Waals surface area contributed by atoms with Crippen LogP contribution in [0.15, 0.2) is 9.52 Å². The number of aryl methyl sites for hydroxylation is 1. The monoisotopic (exact) mass is 367 g/mol. The molecule has 1 unspecified atom stereocenters. The minimum absolute atomic E-state index is 0. The third-order valence-electron chi connectivity index (χ3n) is 2.56. The van der Waals surface area contributed by atoms with Crippen LogP contribution in [0, 0.1) is 12.8 Å². The Balaban J connectivity index is 0.00000289. The first-order valence-electron chi connectivity index (χ1n) is 5.79. The molecule has 0 aliphatic carbocycles. The van der Waals surface area contributed by atoms with Gasteiger partial charge in [-0.2, -0.15) is 4.98 Å². The summed E-state index contributed by atoms with van der Waals surface area (Å²) < 4.78 is 5.01. The number of guanidine groups is 1. The predicted molar refractivity (Wildman–Crippen MR) is 82.1 cm³/mol. The van der Waals surface area contributed by atoms with Gasteiger partial charge in [-0.3, -0.25) is 4.99 Å². The lowest BCUT2D eigenvalue weighted by Crippen LogP contribution is -2.43. The summed E-state index contributed by atoms with van der Waals surface area (Å²) in [5, 5.41) is 10.1. The van der Waals surface area contributed by atoms with Gasteiger partial charge in [0.15, 0.2) is 11.8 Å². The molecule has 7 heteroatoms. The highest BCUT2D eigenvalue weighted by Crippen LogP contribution is 1.99. The molecule has 0 amide bonds. The first kappa shape index (κ1) is 17.1. The zero-order chi connectivity index (χ0) is 12.8. The Morgan fingerprint density at radius 1 is 1.39 bits per heavy atom. The summed E-state index contributed by atoms with van der Waals surface area (Å²) in [5.41, 5.74) is 0. The van der Waals surface area contributed by atoms with Crippen molar-refractivity contribution in [3.8, 4) is 0 Å². The molecule has 0 saturated carbocycles. The van der Waals surface area contributed by atoms with E-state index < -0.39 is 0 Å². The standard InChI is InChI=1S/C11H21N5O.HI/c1-7(2)8(3)14-11(12-5)13-6-10-15-9(4)16-17-10;/h7-8H,6H2,1-5H3,(H2,12,13,14);1H. The van der Waals surface area contributed by atoms with Gasteiger partial charge >= 0.3 is 0 Å². The molecule has 0 aromatic carbocycles. The van der Waals surface area contributed by atoms with Crippen molar-refractivity contribution in [2.45, 2.75) is 40.3 Å². The molecule has 1 heterocycles. The molecular formula is C11H22IN5O. The molecule has 1 atom stereocenters. The normalized spacial score (nSPS) is 13.1. The maximum Gasteiger partial charge on any atom is 0.246 e. The number of aromatic nitrogens is 2. The number of halogens is 1. The summed E-state index contributed by atoms with van der Waals surface area (Å²) in [5.74, 6) is 2.48. The Bertz CT molecular complexity index is 377. The highest BCUT2D eigenvalue weighted by atomic mass is 127. The van der Waals surface area contributed by atoms with Crippen LogP contribution in [0.5, 0.6) is 0 Å². The Morgan fingerprint density at radius 3 is 2.50 bits per heavy atom. The van der Waals surface area contributed by atoms with Gasteiger partial charge in [0.1, 0.15) is 0 Å². The number of rotatable bonds is 4. The van der Waals surface area contributed by atoms with Crippen LogP contribution in [0.3, 0.4) is 0 Å². The zero-order valence-corrected chi connectivity index (χ0v) is 13.9. The quantitative estimate of drug-likeness (QED) is 0.482. The van der Waals surface area contributed by atoms with Gasteiger partial charge in [-0.25, -0.2) is 0 Å². The lowest BCUT2D eigenvalue weighted by molar-refractivity contribution is 0.370. The SMILES string of the molecule is CN=C(NCc1nc(C)no1)NC(C)C(C)C.I. The zero-order valence-electron chi connectivity index (χ0n) is 11.5. The van der Waals surface area contributed by atoms with E-state index in [0.29, 0.717) is 30.2 Å². The summed E-state index contributed by atoms with van der Waals surface area (Å²) in [6, 6.07) is 0.352. The topological polar surface area (TPSA) is 75.3 Å². The first-order valence-corrected chi connectivity index (χ1v) is 5.79. The maximum absolute atomic E-state index is 5.01. The number of nitrogens with one attached hydrogen (secondary N) is 2. The van der Waals surface area contributed by atoms with Crippen LogP contribution in [0.25, 0.3) is 0 Å². The Hall–Kier alpha value is -0.860. The number of hydrogen-bond acceptors (Lipinski definition) is 4. The summed E-state index contributed by atoms with van der Waals surface area (Å²) in [6.07, 6.45) is 0. The van der Waals surface area contributed by atoms with Crippen molar-refractivity contribution in [1.29, 1.82) is 0 Å². The van der Waals surface area contributed by atoms with E-state index in [1.54, 1.807) is 14.0 Å². The van der Waals surface area contributed by atoms with E-state index in [-0.39, 0.29) is 24.0 Å². The molecule has 6 nitrogen and oxygen atoms in total. The van der Waals surface area contributed by atoms with Crippen LogP contribution in [-0.4, -0.2) is 29.2 Å². The maximum atomic E-state index is 5.01. The van der Waals surface area contributed by atoms with Crippen LogP contribution in [0.1, 0.15) is 32.5 Å². The molecule has 0 spiro atoms. The molecule has 1 aromatic heterocycles. The molecule has 1 aromatic rings. The summed E-state index contributed by atoms with van der Waals surface area (Å²) in [7, 11) is 1.74. The van der Waals surface area contributed by atoms with E-state index in [1.165, 1.54) is 0 Å². The molecule has 2 N–H and O–H groups in total. The molecule has 1 rings (SSSR count). The summed E-state index contributed by atoms with van der Waals surface area (Å²) >= 11 is 0. The highest BCUT2D eigenvalue weighted by molar-refractivity contribution is 14.0. The van der Waals surface area contributed by atoms with E-state index in [1.807, 2.05) is 0 Å². The van der Waals surface area contributed by atoms with Crippen molar-refractivity contribution < 1.29 is 4.52 Å². The molecule has 0 radical (unpaired) electrons. The third-order valence-corrected chi connectivity index (χ3v) is 2.56. The molecule has 0 aliphatic rings. The molecular weight excluding hydrogens is 345 g/mol. The highest BCUT2D eigenvalue weighted by Gasteiger charge is 2.09. The van der Waals surface area contributed by atoms with Crippen LogP contribution < -0.4 is 10.6 Å². The fraction of sp³-hybridized carbons (Fsp3) is 0.727. The smallest absolute Gasteiger partial charge is 0.246 e. The van der Waals surface area contributed by atoms with Crippen LogP contribution in [0.4, 0.5) is 0 Å². The van der Waals surface area contributed by atoms with Gasteiger partial charge in [0.2, 0.25) is 5.89 Å². The van der Waals surface area contributed by atoms with Crippen LogP contribution in [0.2, 0.25) is 0 Å². The fourth-order valence-electron chi connectivity index (χ4n) is 1.15. The molecule has 104 valence electrons. The van der Waals surface area contributed by atoms with Gasteiger partial charge < -0.3 is 15.2 Å². The van der Waals surface area contributed by atoms with Crippen molar-refractivity contribution in [2.75, 3.05) is 7.05 Å². The van der Waals surface area contributed by atoms with E-state index in [4.69, 9.17) is 4.52 Å². The second kappa shape index (κ2) is 8.28. The van der Waals surface area contributed by atoms with Gasteiger partial charge in [-0.1, -0.05) is 19.0 Å². The third kappa shape index (κ3) is 5.65. The number of hydrogen-bond donors (Lipinski definition) is 2. The summed E-state index contributed by atoms with van der Waals surface area (Å²) in [6.45, 7) is 8.71. The molecule has 0 fully saturated rings. The van der Waals surface area contributed by atoms with Crippen molar-refractivity contribution >= 4 is 29.9 Å². The molecule has 0 aliphatic heterocycles. The fourth-order valence-corrected chi connectivity index (χ4v) is 1.15. The molecule has 0 saturated heterocycles. The van der Waals surface area contributed by atoms with Gasteiger partial charge in [0.25, 0.3) is 0 Å². The van der Waals surface area contributed by atoms with Gasteiger partial charge in [-0.05, 0) is 19.8 Å². The lowest BCUT2D eigenvalue weighted by Gasteiger charge is -2.20. The first-order chi connectivity index (χ1) is 8.02. The van der Waals surface area contributed by atoms with Crippen molar-refractivity contribution in [3.63, 3.8) is 0 Å². The predicted octanol–water partition coefficient (Wildman–Crippen LogP) is 1.71. The summed E-state index contributed by atoms with van der Waals surface area (Å²) in [4.78, 5) is 8.25. The van der Waals surface area contributed by atoms with Gasteiger partial charge in [0, 0.05) is 13.1 Å². The Morgan fingerprint density at radius 2 is 2.06 bits per heavy atom. The second-order valence-corrected chi connectivity index (χ2v) is 4.34. The van der Waals surface area contributed by atoms with Crippen molar-refractivity contribution in [3.05, 3.63) is 11.7 Å². The van der Waals surface area contributed by atoms with Crippen LogP contribution >= 0.6 is 24.0 Å². The van der Waals surface area contributed by atoms with E-state index in [2.05, 4.69) is 46.5 Å². The largest absolute Gasteiger partial charge is 0.354 e. The average molecular weight is 367 g/mol. The van der Waals surface area contributed by atoms with E-state index in [9.17, 15) is 0 Å². The molecule has 0 bridgehead atoms. The number of aliphatic imine (C=N–C) groups is 1. The van der Waals surface area contributed by atoms with E-state index >= 15 is 0 Å². The lowest BCUT2D eigenvalue weighted by atomic mass is 10.1. The Labute approximate surface area is 125 Å². The van der Waals surface area contributed by atoms with Gasteiger partial charge in [0.05, 0.1) is 6.54 Å². The minimum Gasteiger partial charge on any atom is -0.354 e. The van der Waals surface area contributed by atoms with E-state index in [0.717, 1.165) is 5.96 Å². The van der Waals surface area contributed by atoms with Crippen molar-refractivity contribution in [2.24, 2.45) is 10.9 Å². The average Bonchev–Trinajstić information content (AvgIpc) is 2.69. The number of nitrogens with zero attached hydrogens (tertiary/aromatic N) is 3. The molecule has 18 heavy (non-hydrogen) atoms. The minimum atomic E-state index is 0. The van der Waals surface area contributed by atoms with Crippen LogP contribution in [-0.2, 0) is 6.54 Å². The second-order valence-electron chi connectivity index (χ2n) is 4.34. The van der Waals surface area contributed by atoms with Crippen molar-refractivity contribution in [1.82, 2.24) is 20.8 Å². The van der Waals surface area contributed by atoms with Gasteiger partial charge in [-0.15, -0.1) is 24.0 Å².